The van der Waals surface area contributed by atoms with Crippen molar-refractivity contribution < 1.29 is 32.5 Å². The van der Waals surface area contributed by atoms with Crippen LogP contribution in [-0.2, 0) is 27.8 Å². The number of ether oxygens (including phenoxy) is 2. The van der Waals surface area contributed by atoms with Crippen LogP contribution in [0.25, 0.3) is 0 Å². The van der Waals surface area contributed by atoms with E-state index in [1.165, 1.54) is 22.7 Å². The Bertz CT molecular complexity index is 1250. The van der Waals surface area contributed by atoms with Crippen molar-refractivity contribution in [2.24, 2.45) is 11.8 Å². The number of esters is 1. The molecule has 8 nitrogen and oxygen atoms in total. The molecule has 254 valence electrons. The predicted octanol–water partition coefficient (Wildman–Crippen LogP) is 8.18. The van der Waals surface area contributed by atoms with Gasteiger partial charge in [0.1, 0.15) is 12.4 Å². The molecule has 0 radical (unpaired) electrons. The highest BCUT2D eigenvalue weighted by Crippen LogP contribution is 2.52. The molecule has 0 spiro atoms. The molecule has 1 amide bonds. The smallest absolute Gasteiger partial charge is 0.360 e. The van der Waals surface area contributed by atoms with Crippen LogP contribution in [0.4, 0.5) is 0 Å². The topological polar surface area (TPSA) is 83.5 Å². The highest BCUT2D eigenvalue weighted by Gasteiger charge is 2.58. The van der Waals surface area contributed by atoms with Crippen LogP contribution in [0.2, 0.25) is 18.1 Å². The van der Waals surface area contributed by atoms with E-state index in [2.05, 4.69) is 40.4 Å². The number of carbonyl (C=O) groups excluding carboxylic acids is 2. The average Bonchev–Trinajstić information content (AvgIpc) is 2.92. The minimum Gasteiger partial charge on any atom is -0.491 e. The first-order valence-corrected chi connectivity index (χ1v) is 21.9. The van der Waals surface area contributed by atoms with Crippen molar-refractivity contribution >= 4 is 61.1 Å². The summed E-state index contributed by atoms with van der Waals surface area (Å²) in [4.78, 5) is 30.5. The fourth-order valence-electron chi connectivity index (χ4n) is 5.02. The molecule has 1 heterocycles. The number of benzene rings is 1. The van der Waals surface area contributed by atoms with Crippen LogP contribution in [0.1, 0.15) is 62.3 Å². The molecule has 45 heavy (non-hydrogen) atoms. The fraction of sp³-hybridized carbons (Fsp3) is 0.636. The van der Waals surface area contributed by atoms with Gasteiger partial charge in [0.15, 0.2) is 21.1 Å². The quantitative estimate of drug-likeness (QED) is 0.0323. The van der Waals surface area contributed by atoms with Gasteiger partial charge in [0, 0.05) is 17.5 Å². The Kier molecular flexibility index (Phi) is 14.6. The number of hydrogen-bond donors (Lipinski definition) is 0. The van der Waals surface area contributed by atoms with Gasteiger partial charge in [0.05, 0.1) is 41.6 Å². The predicted molar refractivity (Wildman–Crippen MR) is 194 cm³/mol. The summed E-state index contributed by atoms with van der Waals surface area (Å²) >= 11 is 7.49. The van der Waals surface area contributed by atoms with E-state index < -0.39 is 39.7 Å². The molecule has 1 aliphatic rings. The van der Waals surface area contributed by atoms with Crippen LogP contribution < -0.4 is 4.74 Å². The molecule has 1 fully saturated rings. The molecule has 0 bridgehead atoms. The third kappa shape index (κ3) is 9.78. The zero-order valence-electron chi connectivity index (χ0n) is 29.2. The number of β-lactam (4-membered cyclic amide) rings is 1. The molecule has 2 rings (SSSR count). The summed E-state index contributed by atoms with van der Waals surface area (Å²) in [5, 5.41) is -0.0503. The standard InChI is InChI=1S/C33H54NO7PS2Si/c1-14-21-37-31(36)30(42(11,38-15-2)39-16-3)34-28(27(29(34)35)24(7)41-45(12,13)33(8,9)10)23(6)32(43)44-26-19-17-25(18-20-26)40-22(4)5/h14,17-20,22-24,27-28H,1,15-16,21H2,2-13H3/t23-,24-,27-,28-/m1/s1. The van der Waals surface area contributed by atoms with Crippen LogP contribution >= 0.6 is 31.3 Å². The lowest BCUT2D eigenvalue weighted by molar-refractivity contribution is -0.158. The first-order chi connectivity index (χ1) is 20.8. The van der Waals surface area contributed by atoms with Crippen molar-refractivity contribution in [1.82, 2.24) is 4.90 Å². The zero-order valence-corrected chi connectivity index (χ0v) is 32.7. The third-order valence-electron chi connectivity index (χ3n) is 8.16. The van der Waals surface area contributed by atoms with Crippen molar-refractivity contribution in [1.29, 1.82) is 0 Å². The number of likely N-dealkylation sites (tertiary alicyclic amines) is 1. The zero-order chi connectivity index (χ0) is 34.3. The molecule has 0 saturated carbocycles. The Balaban J connectivity index is 2.63. The second-order valence-corrected chi connectivity index (χ2v) is 22.2. The van der Waals surface area contributed by atoms with E-state index in [1.54, 1.807) is 6.66 Å². The van der Waals surface area contributed by atoms with E-state index in [0.29, 0.717) is 17.4 Å². The van der Waals surface area contributed by atoms with E-state index in [9.17, 15) is 9.59 Å². The lowest BCUT2D eigenvalue weighted by Gasteiger charge is -2.54. The highest BCUT2D eigenvalue weighted by atomic mass is 32.2. The van der Waals surface area contributed by atoms with Crippen LogP contribution in [0.15, 0.2) is 41.8 Å². The van der Waals surface area contributed by atoms with Gasteiger partial charge in [-0.2, -0.15) is 0 Å². The largest absolute Gasteiger partial charge is 0.491 e. The molecule has 1 saturated heterocycles. The van der Waals surface area contributed by atoms with Crippen molar-refractivity contribution in [3.05, 3.63) is 36.9 Å². The average molecular weight is 700 g/mol. The molecular weight excluding hydrogens is 646 g/mol. The van der Waals surface area contributed by atoms with Gasteiger partial charge < -0.3 is 22.9 Å². The van der Waals surface area contributed by atoms with Gasteiger partial charge in [0.2, 0.25) is 5.91 Å². The number of rotatable bonds is 16. The van der Waals surface area contributed by atoms with Gasteiger partial charge in [-0.15, -0.1) is 0 Å². The highest BCUT2D eigenvalue weighted by molar-refractivity contribution is 8.23. The Morgan fingerprint density at radius 1 is 1.11 bits per heavy atom. The number of carbonyl (C=O) groups is 2. The number of thiocarbonyl (C=S) groups is 1. The first-order valence-electron chi connectivity index (χ1n) is 15.7. The molecule has 0 N–H and O–H groups in total. The molecule has 1 aromatic carbocycles. The Morgan fingerprint density at radius 2 is 1.67 bits per heavy atom. The van der Waals surface area contributed by atoms with E-state index in [0.717, 1.165) is 10.6 Å². The molecule has 0 unspecified atom stereocenters. The number of thioether (sulfide) groups is 1. The van der Waals surface area contributed by atoms with Crippen molar-refractivity contribution in [2.45, 2.75) is 104 Å². The van der Waals surface area contributed by atoms with Crippen LogP contribution in [0.5, 0.6) is 5.75 Å². The van der Waals surface area contributed by atoms with Gasteiger partial charge in [-0.25, -0.2) is 4.79 Å². The van der Waals surface area contributed by atoms with Crippen molar-refractivity contribution in [3.8, 4) is 5.75 Å². The molecule has 12 heteroatoms. The van der Waals surface area contributed by atoms with E-state index in [-0.39, 0.29) is 35.0 Å². The molecule has 4 atom stereocenters. The van der Waals surface area contributed by atoms with Crippen molar-refractivity contribution in [3.63, 3.8) is 0 Å². The monoisotopic (exact) mass is 699 g/mol. The maximum Gasteiger partial charge on any atom is 0.360 e. The number of hydrogen-bond acceptors (Lipinski definition) is 9. The second kappa shape index (κ2) is 16.6. The summed E-state index contributed by atoms with van der Waals surface area (Å²) < 4.78 is 31.1. The fourth-order valence-corrected chi connectivity index (χ4v) is 10.0. The SMILES string of the molecule is C=CCOC(=O)C(N1C(=O)[C@H]([C@@H](C)O[Si](C)(C)C(C)(C)C)[C@H]1[C@@H](C)C(=S)Sc1ccc(OC(C)C)cc1)=P(C)(OCC)OCC. The number of nitrogens with zero attached hydrogens (tertiary/aromatic N) is 1. The normalized spacial score (nSPS) is 18.7. The molecule has 0 aliphatic carbocycles. The summed E-state index contributed by atoms with van der Waals surface area (Å²) in [5.41, 5.74) is 0.105. The third-order valence-corrected chi connectivity index (χ3v) is 17.1. The number of amides is 1. The summed E-state index contributed by atoms with van der Waals surface area (Å²) in [7, 11) is -5.27. The minimum atomic E-state index is -3.03. The minimum absolute atomic E-state index is 0.0120. The van der Waals surface area contributed by atoms with Gasteiger partial charge in [-0.05, 0) is 77.0 Å². The summed E-state index contributed by atoms with van der Waals surface area (Å²) in [5.74, 6) is -0.934. The van der Waals surface area contributed by atoms with Gasteiger partial charge in [-0.3, -0.25) is 9.69 Å². The summed E-state index contributed by atoms with van der Waals surface area (Å²) in [6, 6.07) is 7.32. The van der Waals surface area contributed by atoms with E-state index in [1.807, 2.05) is 65.8 Å². The van der Waals surface area contributed by atoms with Crippen LogP contribution in [0, 0.1) is 11.8 Å². The maximum absolute atomic E-state index is 14.3. The summed E-state index contributed by atoms with van der Waals surface area (Å²) in [6.07, 6.45) is 1.16. The molecular formula is C33H54NO7PS2Si. The van der Waals surface area contributed by atoms with E-state index in [4.69, 9.17) is 35.2 Å². The molecule has 0 aromatic heterocycles. The Labute approximate surface area is 282 Å². The Morgan fingerprint density at radius 3 is 2.13 bits per heavy atom. The lowest BCUT2D eigenvalue weighted by atomic mass is 9.77. The molecule has 1 aliphatic heterocycles. The van der Waals surface area contributed by atoms with Gasteiger partial charge >= 0.3 is 5.97 Å². The van der Waals surface area contributed by atoms with Crippen LogP contribution in [-0.4, -0.2) is 79.4 Å². The van der Waals surface area contributed by atoms with Crippen LogP contribution in [0.3, 0.4) is 0 Å². The second-order valence-electron chi connectivity index (χ2n) is 13.0. The first kappa shape index (κ1) is 39.7. The van der Waals surface area contributed by atoms with E-state index >= 15 is 0 Å². The lowest BCUT2D eigenvalue weighted by Crippen LogP contribution is -2.71. The Hall–Kier alpha value is -1.46. The van der Waals surface area contributed by atoms with Gasteiger partial charge in [0.25, 0.3) is 0 Å². The van der Waals surface area contributed by atoms with Gasteiger partial charge in [-0.1, -0.05) is 64.3 Å². The maximum atomic E-state index is 14.3. The summed E-state index contributed by atoms with van der Waals surface area (Å²) in [6.45, 7) is 28.5. The molecule has 1 aromatic rings. The van der Waals surface area contributed by atoms with Crippen molar-refractivity contribution in [2.75, 3.05) is 26.5 Å².